The van der Waals surface area contributed by atoms with Crippen molar-refractivity contribution in [1.82, 2.24) is 4.57 Å². The van der Waals surface area contributed by atoms with Crippen LogP contribution >= 0.6 is 22.9 Å². The number of fused-ring (bicyclic) bond motifs is 3. The molecular formula is C37H26ClN3O6S. The second-order valence-electron chi connectivity index (χ2n) is 11.2. The number of aromatic nitrogens is 1. The normalized spacial score (nSPS) is 17.2. The number of nitrogens with zero attached hydrogens (tertiary/aromatic N) is 3. The lowest BCUT2D eigenvalue weighted by atomic mass is 9.93. The van der Waals surface area contributed by atoms with Crippen LogP contribution in [0.25, 0.3) is 11.3 Å². The van der Waals surface area contributed by atoms with Crippen molar-refractivity contribution in [1.29, 1.82) is 0 Å². The summed E-state index contributed by atoms with van der Waals surface area (Å²) in [5, 5.41) is 0.541. The Labute approximate surface area is 283 Å². The minimum Gasteiger partial charge on any atom is -0.463 e. The number of thiazole rings is 1. The molecule has 1 amide bonds. The number of rotatable bonds is 6. The Hall–Kier alpha value is -5.45. The molecule has 3 aliphatic heterocycles. The average Bonchev–Trinajstić information content (AvgIpc) is 3.79. The maximum Gasteiger partial charge on any atom is 0.338 e. The molecule has 9 nitrogen and oxygen atoms in total. The highest BCUT2D eigenvalue weighted by Crippen LogP contribution is 2.41. The van der Waals surface area contributed by atoms with Gasteiger partial charge in [0.15, 0.2) is 16.3 Å². The fourth-order valence-corrected chi connectivity index (χ4v) is 7.63. The number of para-hydroxylation sites is 1. The molecule has 4 heterocycles. The van der Waals surface area contributed by atoms with Gasteiger partial charge in [0, 0.05) is 16.1 Å². The van der Waals surface area contributed by atoms with Crippen molar-refractivity contribution < 1.29 is 23.8 Å². The van der Waals surface area contributed by atoms with Crippen LogP contribution in [0, 0.1) is 0 Å². The van der Waals surface area contributed by atoms with Gasteiger partial charge in [-0.1, -0.05) is 95.7 Å². The molecular weight excluding hydrogens is 650 g/mol. The molecule has 0 aliphatic carbocycles. The second kappa shape index (κ2) is 12.0. The summed E-state index contributed by atoms with van der Waals surface area (Å²) in [6.45, 7) is 2.14. The van der Waals surface area contributed by atoms with Gasteiger partial charge in [-0.25, -0.2) is 9.79 Å². The molecule has 8 rings (SSSR count). The van der Waals surface area contributed by atoms with Crippen LogP contribution in [0.2, 0.25) is 5.02 Å². The summed E-state index contributed by atoms with van der Waals surface area (Å²) in [5.74, 6) is 0.127. The summed E-state index contributed by atoms with van der Waals surface area (Å²) in [4.78, 5) is 49.8. The number of benzene rings is 4. The van der Waals surface area contributed by atoms with Crippen molar-refractivity contribution in [2.24, 2.45) is 4.99 Å². The zero-order valence-electron chi connectivity index (χ0n) is 25.5. The molecule has 0 radical (unpaired) electrons. The molecule has 11 heteroatoms. The van der Waals surface area contributed by atoms with Crippen molar-refractivity contribution in [3.63, 3.8) is 0 Å². The number of amides is 1. The Morgan fingerprint density at radius 1 is 0.958 bits per heavy atom. The molecule has 0 spiro atoms. The molecule has 0 saturated carbocycles. The minimum atomic E-state index is -0.940. The Morgan fingerprint density at radius 2 is 1.71 bits per heavy atom. The molecule has 4 aromatic carbocycles. The molecule has 0 bridgehead atoms. The fourth-order valence-electron chi connectivity index (χ4n) is 6.34. The van der Waals surface area contributed by atoms with Gasteiger partial charge in [-0.05, 0) is 42.3 Å². The Kier molecular flexibility index (Phi) is 7.46. The third-order valence-corrected chi connectivity index (χ3v) is 9.92. The number of halogens is 1. The predicted octanol–water partition coefficient (Wildman–Crippen LogP) is 5.23. The smallest absolute Gasteiger partial charge is 0.338 e. The van der Waals surface area contributed by atoms with E-state index in [1.807, 2.05) is 72.8 Å². The summed E-state index contributed by atoms with van der Waals surface area (Å²) in [6.07, 6.45) is 0. The summed E-state index contributed by atoms with van der Waals surface area (Å²) < 4.78 is 18.5. The maximum absolute atomic E-state index is 14.7. The van der Waals surface area contributed by atoms with E-state index in [9.17, 15) is 14.4 Å². The highest BCUT2D eigenvalue weighted by molar-refractivity contribution is 7.07. The zero-order valence-corrected chi connectivity index (χ0v) is 27.1. The first-order valence-electron chi connectivity index (χ1n) is 15.3. The molecule has 0 saturated heterocycles. The SMILES string of the molecule is CCOC(=O)C1=C(c2ccccc2)N=c2s/c(=C3/C(=O)N(Cc4ccccc4Cl)c4ccccc43)c(=O)n2[C@H]1c1ccc2c(c1)OCO2. The van der Waals surface area contributed by atoms with Crippen LogP contribution in [0.4, 0.5) is 5.69 Å². The van der Waals surface area contributed by atoms with Gasteiger partial charge in [0.2, 0.25) is 6.79 Å². The van der Waals surface area contributed by atoms with Gasteiger partial charge in [-0.15, -0.1) is 0 Å². The quantitative estimate of drug-likeness (QED) is 0.229. The highest BCUT2D eigenvalue weighted by Gasteiger charge is 2.39. The first-order chi connectivity index (χ1) is 23.4. The number of ether oxygens (including phenoxy) is 3. The maximum atomic E-state index is 14.7. The number of esters is 1. The topological polar surface area (TPSA) is 99.4 Å². The molecule has 0 unspecified atom stereocenters. The first kappa shape index (κ1) is 29.9. The molecule has 0 N–H and O–H groups in total. The van der Waals surface area contributed by atoms with Gasteiger partial charge < -0.3 is 19.1 Å². The van der Waals surface area contributed by atoms with Crippen LogP contribution in [-0.4, -0.2) is 29.8 Å². The largest absolute Gasteiger partial charge is 0.463 e. The van der Waals surface area contributed by atoms with E-state index < -0.39 is 17.6 Å². The Morgan fingerprint density at radius 3 is 2.52 bits per heavy atom. The van der Waals surface area contributed by atoms with Gasteiger partial charge in [0.1, 0.15) is 4.53 Å². The lowest BCUT2D eigenvalue weighted by Gasteiger charge is -2.26. The van der Waals surface area contributed by atoms with E-state index in [1.165, 1.54) is 4.57 Å². The van der Waals surface area contributed by atoms with Gasteiger partial charge >= 0.3 is 5.97 Å². The van der Waals surface area contributed by atoms with E-state index in [0.29, 0.717) is 49.4 Å². The third-order valence-electron chi connectivity index (χ3n) is 8.50. The molecule has 3 aliphatic rings. The van der Waals surface area contributed by atoms with E-state index in [0.717, 1.165) is 16.9 Å². The third kappa shape index (κ3) is 4.83. The minimum absolute atomic E-state index is 0.0625. The van der Waals surface area contributed by atoms with E-state index in [4.69, 9.17) is 30.8 Å². The van der Waals surface area contributed by atoms with Gasteiger partial charge in [-0.3, -0.25) is 14.2 Å². The predicted molar refractivity (Wildman–Crippen MR) is 182 cm³/mol. The van der Waals surface area contributed by atoms with Crippen molar-refractivity contribution >= 4 is 51.8 Å². The van der Waals surface area contributed by atoms with Gasteiger partial charge in [0.25, 0.3) is 11.5 Å². The van der Waals surface area contributed by atoms with E-state index in [2.05, 4.69) is 0 Å². The van der Waals surface area contributed by atoms with E-state index in [-0.39, 0.29) is 41.5 Å². The Balaban J connectivity index is 1.39. The lowest BCUT2D eigenvalue weighted by Crippen LogP contribution is -2.41. The van der Waals surface area contributed by atoms with E-state index in [1.54, 1.807) is 36.1 Å². The summed E-state index contributed by atoms with van der Waals surface area (Å²) in [5.41, 5.74) is 3.76. The Bertz CT molecular complexity index is 2360. The number of carbonyl (C=O) groups is 2. The summed E-state index contributed by atoms with van der Waals surface area (Å²) >= 11 is 7.61. The van der Waals surface area contributed by atoms with Crippen LogP contribution in [0.5, 0.6) is 11.5 Å². The van der Waals surface area contributed by atoms with E-state index >= 15 is 0 Å². The van der Waals surface area contributed by atoms with Crippen molar-refractivity contribution in [3.05, 3.63) is 150 Å². The summed E-state index contributed by atoms with van der Waals surface area (Å²) in [7, 11) is 0. The van der Waals surface area contributed by atoms with Crippen LogP contribution in [-0.2, 0) is 20.9 Å². The first-order valence-corrected chi connectivity index (χ1v) is 16.5. The molecule has 0 fully saturated rings. The molecule has 5 aromatic rings. The van der Waals surface area contributed by atoms with Crippen molar-refractivity contribution in [3.8, 4) is 11.5 Å². The fraction of sp³-hybridized carbons (Fsp3) is 0.135. The average molecular weight is 676 g/mol. The number of hydrogen-bond donors (Lipinski definition) is 0. The molecule has 1 aromatic heterocycles. The number of carbonyl (C=O) groups excluding carboxylic acids is 2. The van der Waals surface area contributed by atoms with Crippen LogP contribution in [0.3, 0.4) is 0 Å². The second-order valence-corrected chi connectivity index (χ2v) is 12.6. The standard InChI is InChI=1S/C37H26ClN3O6S/c1-2-45-36(44)30-31(21-10-4-3-5-11-21)39-37-41(32(30)22-16-17-27-28(18-22)47-20-46-27)35(43)33(48-37)29-24-13-7-9-15-26(24)40(34(29)42)19-23-12-6-8-14-25(23)38/h3-18,32H,2,19-20H2,1H3/b33-29+/t32-/m0/s1. The molecule has 1 atom stereocenters. The lowest BCUT2D eigenvalue weighted by molar-refractivity contribution is -0.138. The van der Waals surface area contributed by atoms with Crippen molar-refractivity contribution in [2.75, 3.05) is 18.3 Å². The monoisotopic (exact) mass is 675 g/mol. The highest BCUT2D eigenvalue weighted by atomic mass is 35.5. The van der Waals surface area contributed by atoms with Crippen molar-refractivity contribution in [2.45, 2.75) is 19.5 Å². The van der Waals surface area contributed by atoms with Crippen LogP contribution < -0.4 is 29.3 Å². The summed E-state index contributed by atoms with van der Waals surface area (Å²) in [6, 6.07) is 28.4. The van der Waals surface area contributed by atoms with Crippen LogP contribution in [0.15, 0.2) is 112 Å². The number of hydrogen-bond acceptors (Lipinski definition) is 8. The zero-order chi connectivity index (χ0) is 32.9. The number of anilines is 1. The molecule has 48 heavy (non-hydrogen) atoms. The van der Waals surface area contributed by atoms with Crippen LogP contribution in [0.1, 0.15) is 35.2 Å². The van der Waals surface area contributed by atoms with Gasteiger partial charge in [0.05, 0.1) is 41.7 Å². The molecule has 238 valence electrons. The van der Waals surface area contributed by atoms with Gasteiger partial charge in [-0.2, -0.15) is 0 Å².